The number of ether oxygens (including phenoxy) is 1. The molecule has 7 nitrogen and oxygen atoms in total. The Bertz CT molecular complexity index is 592. The quantitative estimate of drug-likeness (QED) is 0.667. The normalized spacial score (nSPS) is 20.5. The second kappa shape index (κ2) is 7.28. The van der Waals surface area contributed by atoms with Crippen molar-refractivity contribution in [3.8, 4) is 0 Å². The van der Waals surface area contributed by atoms with Crippen LogP contribution in [0.25, 0.3) is 0 Å². The van der Waals surface area contributed by atoms with E-state index in [-0.39, 0.29) is 5.75 Å². The molecular formula is C14H16N2O5S. The van der Waals surface area contributed by atoms with Gasteiger partial charge in [-0.25, -0.2) is 4.79 Å². The van der Waals surface area contributed by atoms with E-state index in [0.29, 0.717) is 23.4 Å². The molecule has 0 unspecified atom stereocenters. The molecule has 2 atom stereocenters. The molecule has 22 heavy (non-hydrogen) atoms. The van der Waals surface area contributed by atoms with E-state index in [1.807, 2.05) is 0 Å². The fraction of sp³-hybridized carbons (Fsp3) is 0.357. The number of amides is 2. The van der Waals surface area contributed by atoms with Crippen molar-refractivity contribution in [2.45, 2.75) is 29.9 Å². The number of nitrogens with one attached hydrogen (secondary N) is 1. The summed E-state index contributed by atoms with van der Waals surface area (Å²) in [6.45, 7) is 0. The predicted octanol–water partition coefficient (Wildman–Crippen LogP) is 0.835. The lowest BCUT2D eigenvalue weighted by atomic mass is 10.2. The van der Waals surface area contributed by atoms with Gasteiger partial charge in [-0.3, -0.25) is 9.59 Å². The highest BCUT2D eigenvalue weighted by molar-refractivity contribution is 8.00. The highest BCUT2D eigenvalue weighted by Gasteiger charge is 2.34. The first-order valence-electron chi connectivity index (χ1n) is 6.66. The zero-order chi connectivity index (χ0) is 16.1. The van der Waals surface area contributed by atoms with E-state index in [1.165, 1.54) is 11.8 Å². The molecule has 1 aromatic carbocycles. The van der Waals surface area contributed by atoms with Crippen molar-refractivity contribution in [2.24, 2.45) is 5.73 Å². The molecule has 1 saturated heterocycles. The first-order valence-corrected chi connectivity index (χ1v) is 7.65. The lowest BCUT2D eigenvalue weighted by Crippen LogP contribution is -2.30. The van der Waals surface area contributed by atoms with Gasteiger partial charge in [-0.2, -0.15) is 0 Å². The monoisotopic (exact) mass is 324 g/mol. The number of nitrogens with two attached hydrogens (primary N) is 1. The van der Waals surface area contributed by atoms with Crippen LogP contribution in [-0.4, -0.2) is 40.9 Å². The Morgan fingerprint density at radius 3 is 2.59 bits per heavy atom. The number of carboxylic acid groups (broad SMARTS) is 1. The maximum absolute atomic E-state index is 12.1. The van der Waals surface area contributed by atoms with Crippen molar-refractivity contribution in [1.29, 1.82) is 0 Å². The maximum atomic E-state index is 12.1. The van der Waals surface area contributed by atoms with Gasteiger partial charge in [0, 0.05) is 4.90 Å². The second-order valence-corrected chi connectivity index (χ2v) is 5.79. The molecule has 2 rings (SSSR count). The fourth-order valence-electron chi connectivity index (χ4n) is 2.07. The van der Waals surface area contributed by atoms with Crippen LogP contribution in [0.5, 0.6) is 0 Å². The standard InChI is InChI=1S/C14H16N2O5S/c15-12(17)7-22-11-4-2-1-3-8(11)16-13(18)9-5-6-10(21-9)14(19)20/h1-4,9-10H,5-7H2,(H2,15,17)(H,16,18)(H,19,20)/t9-,10+/m0/s1. The lowest BCUT2D eigenvalue weighted by molar-refractivity contribution is -0.150. The van der Waals surface area contributed by atoms with E-state index in [9.17, 15) is 14.4 Å². The summed E-state index contributed by atoms with van der Waals surface area (Å²) >= 11 is 1.22. The Kier molecular flexibility index (Phi) is 5.40. The third-order valence-corrected chi connectivity index (χ3v) is 4.20. The van der Waals surface area contributed by atoms with Gasteiger partial charge in [0.05, 0.1) is 11.4 Å². The Labute approximate surface area is 131 Å². The number of benzene rings is 1. The van der Waals surface area contributed by atoms with Gasteiger partial charge in [0.2, 0.25) is 5.91 Å². The molecule has 0 radical (unpaired) electrons. The molecule has 1 aromatic rings. The molecule has 0 bridgehead atoms. The zero-order valence-electron chi connectivity index (χ0n) is 11.7. The van der Waals surface area contributed by atoms with Crippen LogP contribution in [0.4, 0.5) is 5.69 Å². The molecule has 118 valence electrons. The highest BCUT2D eigenvalue weighted by Crippen LogP contribution is 2.28. The summed E-state index contributed by atoms with van der Waals surface area (Å²) in [6, 6.07) is 6.99. The van der Waals surface area contributed by atoms with E-state index >= 15 is 0 Å². The van der Waals surface area contributed by atoms with Crippen LogP contribution in [0, 0.1) is 0 Å². The largest absolute Gasteiger partial charge is 0.479 e. The van der Waals surface area contributed by atoms with Gasteiger partial charge < -0.3 is 20.9 Å². The summed E-state index contributed by atoms with van der Waals surface area (Å²) in [5.74, 6) is -1.80. The van der Waals surface area contributed by atoms with Gasteiger partial charge in [0.15, 0.2) is 6.10 Å². The van der Waals surface area contributed by atoms with Crippen LogP contribution in [0.2, 0.25) is 0 Å². The van der Waals surface area contributed by atoms with Gasteiger partial charge >= 0.3 is 5.97 Å². The average Bonchev–Trinajstić information content (AvgIpc) is 2.96. The van der Waals surface area contributed by atoms with Crippen LogP contribution in [0.1, 0.15) is 12.8 Å². The minimum absolute atomic E-state index is 0.105. The van der Waals surface area contributed by atoms with Crippen LogP contribution in [0.15, 0.2) is 29.2 Å². The summed E-state index contributed by atoms with van der Waals surface area (Å²) in [7, 11) is 0. The molecule has 0 aliphatic carbocycles. The molecule has 1 aliphatic rings. The Morgan fingerprint density at radius 1 is 1.27 bits per heavy atom. The first-order chi connectivity index (χ1) is 10.5. The summed E-state index contributed by atoms with van der Waals surface area (Å²) in [5, 5.41) is 11.6. The van der Waals surface area contributed by atoms with Crippen LogP contribution < -0.4 is 11.1 Å². The van der Waals surface area contributed by atoms with E-state index < -0.39 is 30.0 Å². The average molecular weight is 324 g/mol. The first kappa shape index (κ1) is 16.3. The number of para-hydroxylation sites is 1. The fourth-order valence-corrected chi connectivity index (χ4v) is 2.82. The van der Waals surface area contributed by atoms with E-state index in [4.69, 9.17) is 15.6 Å². The van der Waals surface area contributed by atoms with Crippen LogP contribution >= 0.6 is 11.8 Å². The van der Waals surface area contributed by atoms with Crippen LogP contribution in [-0.2, 0) is 19.1 Å². The van der Waals surface area contributed by atoms with E-state index in [1.54, 1.807) is 24.3 Å². The minimum Gasteiger partial charge on any atom is -0.479 e. The molecule has 2 amide bonds. The predicted molar refractivity (Wildman–Crippen MR) is 80.5 cm³/mol. The highest BCUT2D eigenvalue weighted by atomic mass is 32.2. The molecule has 0 spiro atoms. The SMILES string of the molecule is NC(=O)CSc1ccccc1NC(=O)[C@@H]1CC[C@H](C(=O)O)O1. The number of primary amides is 1. The van der Waals surface area contributed by atoms with Crippen molar-refractivity contribution >= 4 is 35.2 Å². The van der Waals surface area contributed by atoms with Crippen molar-refractivity contribution < 1.29 is 24.2 Å². The third-order valence-electron chi connectivity index (χ3n) is 3.10. The van der Waals surface area contributed by atoms with Crippen molar-refractivity contribution in [3.05, 3.63) is 24.3 Å². The summed E-state index contributed by atoms with van der Waals surface area (Å²) in [6.07, 6.45) is -1.05. The van der Waals surface area contributed by atoms with Gasteiger partial charge in [0.1, 0.15) is 6.10 Å². The number of rotatable bonds is 6. The number of carbonyl (C=O) groups is 3. The number of thioether (sulfide) groups is 1. The topological polar surface area (TPSA) is 119 Å². The Morgan fingerprint density at radius 2 is 1.95 bits per heavy atom. The summed E-state index contributed by atoms with van der Waals surface area (Å²) in [4.78, 5) is 34.5. The van der Waals surface area contributed by atoms with Crippen molar-refractivity contribution in [3.63, 3.8) is 0 Å². The Hall–Kier alpha value is -2.06. The second-order valence-electron chi connectivity index (χ2n) is 4.77. The summed E-state index contributed by atoms with van der Waals surface area (Å²) in [5.41, 5.74) is 5.65. The third kappa shape index (κ3) is 4.22. The number of anilines is 1. The summed E-state index contributed by atoms with van der Waals surface area (Å²) < 4.78 is 5.20. The smallest absolute Gasteiger partial charge is 0.332 e. The van der Waals surface area contributed by atoms with Gasteiger partial charge in [-0.1, -0.05) is 12.1 Å². The van der Waals surface area contributed by atoms with Gasteiger partial charge in [-0.05, 0) is 25.0 Å². The van der Waals surface area contributed by atoms with Gasteiger partial charge in [-0.15, -0.1) is 11.8 Å². The number of carboxylic acids is 1. The molecule has 4 N–H and O–H groups in total. The molecule has 1 aliphatic heterocycles. The lowest BCUT2D eigenvalue weighted by Gasteiger charge is -2.14. The number of hydrogen-bond acceptors (Lipinski definition) is 5. The van der Waals surface area contributed by atoms with E-state index in [2.05, 4.69) is 5.32 Å². The van der Waals surface area contributed by atoms with Gasteiger partial charge in [0.25, 0.3) is 5.91 Å². The molecular weight excluding hydrogens is 308 g/mol. The molecule has 0 aromatic heterocycles. The number of carbonyl (C=O) groups excluding carboxylic acids is 2. The number of aliphatic carboxylic acids is 1. The Balaban J connectivity index is 2.00. The van der Waals surface area contributed by atoms with Crippen molar-refractivity contribution in [2.75, 3.05) is 11.1 Å². The van der Waals surface area contributed by atoms with E-state index in [0.717, 1.165) is 0 Å². The van der Waals surface area contributed by atoms with Crippen LogP contribution in [0.3, 0.4) is 0 Å². The molecule has 1 fully saturated rings. The van der Waals surface area contributed by atoms with Crippen molar-refractivity contribution in [1.82, 2.24) is 0 Å². The number of hydrogen-bond donors (Lipinski definition) is 3. The molecule has 0 saturated carbocycles. The maximum Gasteiger partial charge on any atom is 0.332 e. The minimum atomic E-state index is -1.06. The molecule has 1 heterocycles. The molecule has 8 heteroatoms. The zero-order valence-corrected chi connectivity index (χ0v) is 12.5.